The molecule has 0 atom stereocenters. The largest absolute Gasteiger partial charge is 0.444 e. The minimum Gasteiger partial charge on any atom is -0.444 e. The number of hydrogen-bond acceptors (Lipinski definition) is 7. The lowest BCUT2D eigenvalue weighted by atomic mass is 9.72. The Morgan fingerprint density at radius 1 is 1.08 bits per heavy atom. The zero-order valence-electron chi connectivity index (χ0n) is 21.3. The summed E-state index contributed by atoms with van der Waals surface area (Å²) in [5.74, 6) is 1.06. The molecular weight excluding hydrogens is 642 g/mol. The first kappa shape index (κ1) is 26.1. The van der Waals surface area contributed by atoms with E-state index in [1.807, 2.05) is 31.7 Å². The molecule has 3 aliphatic heterocycles. The second-order valence-corrected chi connectivity index (χ2v) is 13.3. The van der Waals surface area contributed by atoms with Crippen LogP contribution < -0.4 is 9.80 Å². The second-order valence-electron chi connectivity index (χ2n) is 11.3. The Kier molecular flexibility index (Phi) is 7.03. The fraction of sp³-hybridized carbons (Fsp3) is 0.640. The number of likely N-dealkylation sites (tertiary alicyclic amines) is 1. The van der Waals surface area contributed by atoms with Gasteiger partial charge in [0.15, 0.2) is 5.82 Å². The van der Waals surface area contributed by atoms with Crippen LogP contribution in [-0.2, 0) is 4.74 Å². The molecule has 3 fully saturated rings. The maximum absolute atomic E-state index is 15.4. The van der Waals surface area contributed by atoms with Gasteiger partial charge in [-0.25, -0.2) is 14.2 Å². The van der Waals surface area contributed by atoms with Crippen LogP contribution in [0.1, 0.15) is 33.6 Å². The zero-order chi connectivity index (χ0) is 25.8. The van der Waals surface area contributed by atoms with Gasteiger partial charge in [0.1, 0.15) is 16.9 Å². The highest BCUT2D eigenvalue weighted by molar-refractivity contribution is 14.1. The molecule has 1 spiro atoms. The molecule has 0 N–H and O–H groups in total. The van der Waals surface area contributed by atoms with Crippen molar-refractivity contribution in [3.05, 3.63) is 19.9 Å². The van der Waals surface area contributed by atoms with Crippen LogP contribution in [0, 0.1) is 14.8 Å². The first-order valence-corrected chi connectivity index (χ1v) is 14.3. The van der Waals surface area contributed by atoms with E-state index in [0.29, 0.717) is 15.9 Å². The van der Waals surface area contributed by atoms with E-state index in [1.165, 1.54) is 0 Å². The van der Waals surface area contributed by atoms with Crippen LogP contribution in [-0.4, -0.2) is 90.9 Å². The molecule has 0 unspecified atom stereocenters. The molecule has 3 saturated heterocycles. The molecule has 0 bridgehead atoms. The Balaban J connectivity index is 1.38. The molecule has 0 aliphatic carbocycles. The van der Waals surface area contributed by atoms with Gasteiger partial charge in [0, 0.05) is 66.7 Å². The number of piperidine rings is 1. The molecule has 196 valence electrons. The maximum atomic E-state index is 15.4. The molecule has 8 nitrogen and oxygen atoms in total. The van der Waals surface area contributed by atoms with Crippen molar-refractivity contribution >= 4 is 67.3 Å². The third kappa shape index (κ3) is 5.11. The lowest BCUT2D eigenvalue weighted by Gasteiger charge is -2.53. The molecule has 4 heterocycles. The summed E-state index contributed by atoms with van der Waals surface area (Å²) in [7, 11) is 2.11. The SMILES string of the molecule is CN1CCN(c2nc(N3CCC4(CC3)CN(C(=O)OC(C)(C)C)C4)c3cc(I)c(Br)c(F)c3n2)CC1. The fourth-order valence-corrected chi connectivity index (χ4v) is 6.11. The fourth-order valence-electron chi connectivity index (χ4n) is 5.26. The van der Waals surface area contributed by atoms with Crippen molar-refractivity contribution in [2.24, 2.45) is 5.41 Å². The highest BCUT2D eigenvalue weighted by atomic mass is 127. The molecule has 2 aromatic rings. The van der Waals surface area contributed by atoms with E-state index in [-0.39, 0.29) is 17.3 Å². The van der Waals surface area contributed by atoms with Crippen molar-refractivity contribution in [3.63, 3.8) is 0 Å². The van der Waals surface area contributed by atoms with Crippen LogP contribution in [0.2, 0.25) is 0 Å². The summed E-state index contributed by atoms with van der Waals surface area (Å²) in [6.07, 6.45) is 1.68. The Bertz CT molecular complexity index is 1170. The molecular formula is C25H33BrFIN6O2. The number of ether oxygens (including phenoxy) is 1. The number of likely N-dealkylation sites (N-methyl/N-ethyl adjacent to an activating group) is 1. The van der Waals surface area contributed by atoms with Crippen molar-refractivity contribution in [1.29, 1.82) is 0 Å². The number of fused-ring (bicyclic) bond motifs is 1. The van der Waals surface area contributed by atoms with Crippen LogP contribution in [0.3, 0.4) is 0 Å². The van der Waals surface area contributed by atoms with Gasteiger partial charge in [-0.1, -0.05) is 0 Å². The average molecular weight is 675 g/mol. The minimum absolute atomic E-state index is 0.124. The van der Waals surface area contributed by atoms with Gasteiger partial charge in [0.25, 0.3) is 0 Å². The second kappa shape index (κ2) is 9.68. The number of anilines is 2. The van der Waals surface area contributed by atoms with Gasteiger partial charge in [0.2, 0.25) is 5.95 Å². The number of benzene rings is 1. The number of amides is 1. The van der Waals surface area contributed by atoms with E-state index in [2.05, 4.69) is 60.3 Å². The van der Waals surface area contributed by atoms with Gasteiger partial charge in [-0.05, 0) is 85.2 Å². The molecule has 0 radical (unpaired) electrons. The van der Waals surface area contributed by atoms with Crippen LogP contribution >= 0.6 is 38.5 Å². The van der Waals surface area contributed by atoms with Crippen molar-refractivity contribution in [1.82, 2.24) is 19.8 Å². The van der Waals surface area contributed by atoms with Crippen LogP contribution in [0.5, 0.6) is 0 Å². The number of piperazine rings is 1. The molecule has 1 amide bonds. The summed E-state index contributed by atoms with van der Waals surface area (Å²) in [5, 5.41) is 0.748. The number of rotatable bonds is 2. The predicted octanol–water partition coefficient (Wildman–Crippen LogP) is 4.73. The Labute approximate surface area is 233 Å². The van der Waals surface area contributed by atoms with Gasteiger partial charge in [0.05, 0.1) is 4.47 Å². The highest BCUT2D eigenvalue weighted by Gasteiger charge is 2.48. The maximum Gasteiger partial charge on any atom is 0.410 e. The molecule has 36 heavy (non-hydrogen) atoms. The van der Waals surface area contributed by atoms with Gasteiger partial charge >= 0.3 is 6.09 Å². The van der Waals surface area contributed by atoms with Crippen molar-refractivity contribution in [2.75, 3.05) is 69.2 Å². The van der Waals surface area contributed by atoms with Crippen molar-refractivity contribution in [3.8, 4) is 0 Å². The van der Waals surface area contributed by atoms with Crippen molar-refractivity contribution < 1.29 is 13.9 Å². The Morgan fingerprint density at radius 3 is 2.33 bits per heavy atom. The molecule has 11 heteroatoms. The van der Waals surface area contributed by atoms with Gasteiger partial charge in [-0.15, -0.1) is 0 Å². The third-order valence-electron chi connectivity index (χ3n) is 7.41. The first-order chi connectivity index (χ1) is 16.9. The number of hydrogen-bond donors (Lipinski definition) is 0. The quantitative estimate of drug-likeness (QED) is 0.337. The molecule has 3 aliphatic rings. The molecule has 0 saturated carbocycles. The number of aromatic nitrogens is 2. The number of halogens is 3. The van der Waals surface area contributed by atoms with Crippen LogP contribution in [0.15, 0.2) is 10.5 Å². The van der Waals surface area contributed by atoms with E-state index in [1.54, 1.807) is 0 Å². The van der Waals surface area contributed by atoms with Gasteiger partial charge in [-0.2, -0.15) is 4.98 Å². The topological polar surface area (TPSA) is 65.0 Å². The van der Waals surface area contributed by atoms with E-state index in [9.17, 15) is 4.79 Å². The molecule has 5 rings (SSSR count). The summed E-state index contributed by atoms with van der Waals surface area (Å²) >= 11 is 5.55. The Morgan fingerprint density at radius 2 is 1.72 bits per heavy atom. The zero-order valence-corrected chi connectivity index (χ0v) is 25.0. The van der Waals surface area contributed by atoms with E-state index in [0.717, 1.165) is 80.0 Å². The average Bonchev–Trinajstić information content (AvgIpc) is 2.80. The molecule has 1 aromatic heterocycles. The third-order valence-corrected chi connectivity index (χ3v) is 9.78. The summed E-state index contributed by atoms with van der Waals surface area (Å²) in [6, 6.07) is 1.98. The van der Waals surface area contributed by atoms with Gasteiger partial charge < -0.3 is 24.3 Å². The van der Waals surface area contributed by atoms with E-state index >= 15 is 4.39 Å². The number of carbonyl (C=O) groups excluding carboxylic acids is 1. The number of carbonyl (C=O) groups is 1. The normalized spacial score (nSPS) is 20.7. The highest BCUT2D eigenvalue weighted by Crippen LogP contribution is 2.43. The lowest BCUT2D eigenvalue weighted by molar-refractivity contribution is -0.0434. The van der Waals surface area contributed by atoms with Crippen LogP contribution in [0.25, 0.3) is 10.9 Å². The summed E-state index contributed by atoms with van der Waals surface area (Å²) in [4.78, 5) is 30.7. The lowest BCUT2D eigenvalue weighted by Crippen LogP contribution is -2.62. The predicted molar refractivity (Wildman–Crippen MR) is 151 cm³/mol. The number of nitrogens with zero attached hydrogens (tertiary/aromatic N) is 6. The minimum atomic E-state index is -0.486. The monoisotopic (exact) mass is 674 g/mol. The van der Waals surface area contributed by atoms with Crippen molar-refractivity contribution in [2.45, 2.75) is 39.2 Å². The summed E-state index contributed by atoms with van der Waals surface area (Å²) in [6.45, 7) is 12.2. The van der Waals surface area contributed by atoms with E-state index in [4.69, 9.17) is 14.7 Å². The van der Waals surface area contributed by atoms with Crippen LogP contribution in [0.4, 0.5) is 21.0 Å². The standard InChI is InChI=1S/C25H33BrFIN6O2/c1-24(2,3)36-23(35)34-14-25(15-34)5-7-32(8-6-25)21-16-13-17(28)18(26)19(27)20(16)29-22(30-21)33-11-9-31(4)10-12-33/h13H,5-12,14-15H2,1-4H3. The summed E-state index contributed by atoms with van der Waals surface area (Å²) < 4.78 is 22.2. The van der Waals surface area contributed by atoms with Gasteiger partial charge in [-0.3, -0.25) is 0 Å². The van der Waals surface area contributed by atoms with E-state index < -0.39 is 5.60 Å². The first-order valence-electron chi connectivity index (χ1n) is 12.5. The summed E-state index contributed by atoms with van der Waals surface area (Å²) in [5.41, 5.74) is 0.000917. The Hall–Kier alpha value is -1.47. The smallest absolute Gasteiger partial charge is 0.410 e. The molecule has 1 aromatic carbocycles.